The lowest BCUT2D eigenvalue weighted by atomic mass is 9.78. The first-order chi connectivity index (χ1) is 7.18. The molecule has 0 saturated heterocycles. The average molecular weight is 223 g/mol. The highest BCUT2D eigenvalue weighted by atomic mass is 32.1. The third-order valence-electron chi connectivity index (χ3n) is 3.57. The molecule has 0 unspecified atom stereocenters. The zero-order valence-electron chi connectivity index (χ0n) is 9.38. The first-order valence-corrected chi connectivity index (χ1v) is 6.43. The lowest BCUT2D eigenvalue weighted by Crippen LogP contribution is -2.26. The highest BCUT2D eigenvalue weighted by Crippen LogP contribution is 2.44. The summed E-state index contributed by atoms with van der Waals surface area (Å²) in [7, 11) is 0. The highest BCUT2D eigenvalue weighted by molar-refractivity contribution is 7.08. The quantitative estimate of drug-likeness (QED) is 0.733. The van der Waals surface area contributed by atoms with Crippen LogP contribution in [-0.2, 0) is 0 Å². The fourth-order valence-electron chi connectivity index (χ4n) is 2.52. The molecule has 0 atom stereocenters. The van der Waals surface area contributed by atoms with Gasteiger partial charge in [-0.25, -0.2) is 0 Å². The molecule has 2 rings (SSSR count). The number of ketones is 1. The van der Waals surface area contributed by atoms with Crippen molar-refractivity contribution in [2.75, 3.05) is 0 Å². The van der Waals surface area contributed by atoms with Crippen LogP contribution in [0.3, 0.4) is 0 Å². The largest absolute Gasteiger partial charge is 0.293 e. The molecule has 82 valence electrons. The van der Waals surface area contributed by atoms with Gasteiger partial charge in [-0.1, -0.05) is 19.8 Å². The predicted octanol–water partition coefficient (Wildman–Crippen LogP) is 3.60. The molecule has 0 aliphatic heterocycles. The van der Waals surface area contributed by atoms with Gasteiger partial charge in [-0.15, -0.1) is 0 Å². The monoisotopic (exact) mass is 223 g/mol. The summed E-state index contributed by atoms with van der Waals surface area (Å²) >= 11 is 1.36. The van der Waals surface area contributed by atoms with Crippen LogP contribution >= 0.6 is 11.5 Å². The first-order valence-electron chi connectivity index (χ1n) is 5.66. The molecule has 3 heteroatoms. The minimum atomic E-state index is -0.0566. The van der Waals surface area contributed by atoms with Gasteiger partial charge in [0.25, 0.3) is 0 Å². The van der Waals surface area contributed by atoms with Gasteiger partial charge >= 0.3 is 0 Å². The maximum absolute atomic E-state index is 12.4. The van der Waals surface area contributed by atoms with Crippen LogP contribution in [0.25, 0.3) is 0 Å². The second kappa shape index (κ2) is 4.05. The number of carbonyl (C=O) groups is 1. The Morgan fingerprint density at radius 2 is 2.20 bits per heavy atom. The lowest BCUT2D eigenvalue weighted by molar-refractivity contribution is 0.0796. The lowest BCUT2D eigenvalue weighted by Gasteiger charge is -2.24. The molecule has 1 aliphatic carbocycles. The van der Waals surface area contributed by atoms with E-state index in [1.165, 1.54) is 24.4 Å². The third-order valence-corrected chi connectivity index (χ3v) is 4.45. The number of hydrogen-bond donors (Lipinski definition) is 0. The number of carbonyl (C=O) groups excluding carboxylic acids is 1. The minimum absolute atomic E-state index is 0.0566. The van der Waals surface area contributed by atoms with Crippen LogP contribution in [0.2, 0.25) is 0 Å². The molecule has 0 amide bonds. The molecule has 1 aromatic heterocycles. The summed E-state index contributed by atoms with van der Waals surface area (Å²) in [6.07, 6.45) is 5.52. The number of Topliss-reactive ketones (excluding diaryl/α,β-unsaturated/α-hetero) is 1. The zero-order valence-corrected chi connectivity index (χ0v) is 10.2. The van der Waals surface area contributed by atoms with E-state index in [0.29, 0.717) is 5.78 Å². The Hall–Kier alpha value is -0.700. The Bertz CT molecular complexity index is 363. The smallest absolute Gasteiger partial charge is 0.180 e. The van der Waals surface area contributed by atoms with E-state index < -0.39 is 0 Å². The summed E-state index contributed by atoms with van der Waals surface area (Å²) in [5.41, 5.74) is 0.909. The van der Waals surface area contributed by atoms with Gasteiger partial charge in [-0.3, -0.25) is 4.79 Å². The van der Waals surface area contributed by atoms with E-state index in [1.54, 1.807) is 0 Å². The molecule has 1 saturated carbocycles. The van der Waals surface area contributed by atoms with Gasteiger partial charge in [0, 0.05) is 5.41 Å². The maximum Gasteiger partial charge on any atom is 0.180 e. The van der Waals surface area contributed by atoms with Crippen LogP contribution in [0.4, 0.5) is 0 Å². The Morgan fingerprint density at radius 1 is 1.53 bits per heavy atom. The van der Waals surface area contributed by atoms with Crippen molar-refractivity contribution in [2.45, 2.75) is 46.0 Å². The summed E-state index contributed by atoms with van der Waals surface area (Å²) in [5, 5.41) is 0. The molecule has 1 aliphatic rings. The van der Waals surface area contributed by atoms with Gasteiger partial charge in [0.15, 0.2) is 5.78 Å². The normalized spacial score (nSPS) is 19.3. The number of aromatic nitrogens is 1. The van der Waals surface area contributed by atoms with Crippen molar-refractivity contribution < 1.29 is 4.79 Å². The molecule has 0 radical (unpaired) electrons. The Balaban J connectivity index is 2.26. The summed E-state index contributed by atoms with van der Waals surface area (Å²) in [6.45, 7) is 4.08. The summed E-state index contributed by atoms with van der Waals surface area (Å²) in [5.74, 6) is 0.341. The molecule has 1 heterocycles. The molecule has 0 aromatic carbocycles. The SMILES string of the molecule is CCC1(C(=O)c2cc(C)ns2)CCCC1. The summed E-state index contributed by atoms with van der Waals surface area (Å²) in [6, 6.07) is 1.93. The van der Waals surface area contributed by atoms with Crippen molar-refractivity contribution in [3.63, 3.8) is 0 Å². The van der Waals surface area contributed by atoms with E-state index >= 15 is 0 Å². The van der Waals surface area contributed by atoms with Gasteiger partial charge in [0.1, 0.15) is 0 Å². The van der Waals surface area contributed by atoms with Gasteiger partial charge in [0.2, 0.25) is 0 Å². The fraction of sp³-hybridized carbons (Fsp3) is 0.667. The van der Waals surface area contributed by atoms with Crippen LogP contribution < -0.4 is 0 Å². The second-order valence-corrected chi connectivity index (χ2v) is 5.31. The van der Waals surface area contributed by atoms with Crippen molar-refractivity contribution in [3.05, 3.63) is 16.6 Å². The standard InChI is InChI=1S/C12H17NOS/c1-3-12(6-4-5-7-12)11(14)10-8-9(2)13-15-10/h8H,3-7H2,1-2H3. The zero-order chi connectivity index (χ0) is 10.9. The van der Waals surface area contributed by atoms with Gasteiger partial charge in [-0.2, -0.15) is 4.37 Å². The third kappa shape index (κ3) is 1.85. The number of rotatable bonds is 3. The van der Waals surface area contributed by atoms with Crippen LogP contribution in [0.5, 0.6) is 0 Å². The maximum atomic E-state index is 12.4. The van der Waals surface area contributed by atoms with Crippen molar-refractivity contribution in [1.29, 1.82) is 0 Å². The Kier molecular flexibility index (Phi) is 2.91. The van der Waals surface area contributed by atoms with Crippen molar-refractivity contribution in [2.24, 2.45) is 5.41 Å². The highest BCUT2D eigenvalue weighted by Gasteiger charge is 2.40. The summed E-state index contributed by atoms with van der Waals surface area (Å²) in [4.78, 5) is 13.2. The molecule has 0 spiro atoms. The van der Waals surface area contributed by atoms with E-state index in [0.717, 1.165) is 29.8 Å². The van der Waals surface area contributed by atoms with Gasteiger partial charge < -0.3 is 0 Å². The molecule has 1 aromatic rings. The molecular formula is C12H17NOS. The molecule has 2 nitrogen and oxygen atoms in total. The molecule has 0 bridgehead atoms. The van der Waals surface area contributed by atoms with Gasteiger partial charge in [-0.05, 0) is 43.8 Å². The van der Waals surface area contributed by atoms with Gasteiger partial charge in [0.05, 0.1) is 10.6 Å². The molecule has 1 fully saturated rings. The number of nitrogens with zero attached hydrogens (tertiary/aromatic N) is 1. The van der Waals surface area contributed by atoms with E-state index in [4.69, 9.17) is 0 Å². The van der Waals surface area contributed by atoms with Crippen molar-refractivity contribution in [3.8, 4) is 0 Å². The van der Waals surface area contributed by atoms with Crippen LogP contribution in [0.15, 0.2) is 6.07 Å². The van der Waals surface area contributed by atoms with Crippen LogP contribution in [0.1, 0.15) is 54.4 Å². The molecular weight excluding hydrogens is 206 g/mol. The predicted molar refractivity (Wildman–Crippen MR) is 62.4 cm³/mol. The van der Waals surface area contributed by atoms with Crippen LogP contribution in [0, 0.1) is 12.3 Å². The number of aryl methyl sites for hydroxylation is 1. The molecule has 15 heavy (non-hydrogen) atoms. The topological polar surface area (TPSA) is 30.0 Å². The first kappa shape index (κ1) is 10.8. The molecule has 0 N–H and O–H groups in total. The van der Waals surface area contributed by atoms with Crippen molar-refractivity contribution >= 4 is 17.3 Å². The Morgan fingerprint density at radius 3 is 2.67 bits per heavy atom. The van der Waals surface area contributed by atoms with E-state index in [1.807, 2.05) is 13.0 Å². The van der Waals surface area contributed by atoms with Crippen molar-refractivity contribution in [1.82, 2.24) is 4.37 Å². The van der Waals surface area contributed by atoms with E-state index in [9.17, 15) is 4.79 Å². The second-order valence-electron chi connectivity index (χ2n) is 4.50. The van der Waals surface area contributed by atoms with E-state index in [2.05, 4.69) is 11.3 Å². The number of hydrogen-bond acceptors (Lipinski definition) is 3. The minimum Gasteiger partial charge on any atom is -0.293 e. The van der Waals surface area contributed by atoms with E-state index in [-0.39, 0.29) is 5.41 Å². The van der Waals surface area contributed by atoms with Crippen LogP contribution in [-0.4, -0.2) is 10.2 Å². The summed E-state index contributed by atoms with van der Waals surface area (Å²) < 4.78 is 4.20. The average Bonchev–Trinajstić information content (AvgIpc) is 2.86. The fourth-order valence-corrected chi connectivity index (χ4v) is 3.34. The Labute approximate surface area is 94.9 Å².